The molecular formula is C11H20N2O3. The third kappa shape index (κ3) is 2.95. The number of rotatable bonds is 4. The number of likely N-dealkylation sites (tertiary alicyclic amines) is 1. The van der Waals surface area contributed by atoms with Crippen molar-refractivity contribution in [2.45, 2.75) is 25.8 Å². The minimum Gasteiger partial charge on any atom is -0.481 e. The molecule has 0 spiro atoms. The van der Waals surface area contributed by atoms with E-state index < -0.39 is 5.97 Å². The Kier molecular flexibility index (Phi) is 4.29. The molecule has 1 amide bonds. The van der Waals surface area contributed by atoms with Gasteiger partial charge in [-0.1, -0.05) is 0 Å². The van der Waals surface area contributed by atoms with Gasteiger partial charge in [0.2, 0.25) is 5.91 Å². The molecule has 92 valence electrons. The van der Waals surface area contributed by atoms with Crippen LogP contribution >= 0.6 is 0 Å². The van der Waals surface area contributed by atoms with Gasteiger partial charge in [0.05, 0.1) is 5.92 Å². The van der Waals surface area contributed by atoms with Crippen LogP contribution in [0.4, 0.5) is 0 Å². The first-order valence-corrected chi connectivity index (χ1v) is 5.60. The van der Waals surface area contributed by atoms with E-state index in [1.807, 2.05) is 6.92 Å². The first-order valence-electron chi connectivity index (χ1n) is 5.60. The maximum absolute atomic E-state index is 11.4. The van der Waals surface area contributed by atoms with Crippen molar-refractivity contribution in [1.82, 2.24) is 9.80 Å². The standard InChI is InChI=1S/C11H20N2O3/c1-8-9(11(15)16)4-6-13(8)7-5-10(14)12(2)3/h8-9H,4-7H2,1-3H3,(H,15,16). The highest BCUT2D eigenvalue weighted by atomic mass is 16.4. The number of carboxylic acid groups (broad SMARTS) is 1. The second-order valence-electron chi connectivity index (χ2n) is 4.55. The summed E-state index contributed by atoms with van der Waals surface area (Å²) >= 11 is 0. The molecule has 5 nitrogen and oxygen atoms in total. The molecule has 2 unspecified atom stereocenters. The SMILES string of the molecule is CC1C(C(=O)O)CCN1CCC(=O)N(C)C. The zero-order valence-corrected chi connectivity index (χ0v) is 10.1. The fourth-order valence-corrected chi connectivity index (χ4v) is 2.11. The Morgan fingerprint density at radius 3 is 2.50 bits per heavy atom. The molecule has 2 atom stereocenters. The van der Waals surface area contributed by atoms with Crippen molar-refractivity contribution in [2.24, 2.45) is 5.92 Å². The van der Waals surface area contributed by atoms with Gasteiger partial charge in [0.25, 0.3) is 0 Å². The summed E-state index contributed by atoms with van der Waals surface area (Å²) in [6.07, 6.45) is 1.15. The lowest BCUT2D eigenvalue weighted by atomic mass is 10.0. The van der Waals surface area contributed by atoms with Gasteiger partial charge in [-0.2, -0.15) is 0 Å². The van der Waals surface area contributed by atoms with Gasteiger partial charge in [0.1, 0.15) is 0 Å². The Hall–Kier alpha value is -1.10. The van der Waals surface area contributed by atoms with E-state index in [2.05, 4.69) is 4.90 Å². The van der Waals surface area contributed by atoms with Crippen LogP contribution in [0.25, 0.3) is 0 Å². The molecule has 1 aliphatic rings. The van der Waals surface area contributed by atoms with Crippen LogP contribution in [0.3, 0.4) is 0 Å². The molecule has 1 aliphatic heterocycles. The van der Waals surface area contributed by atoms with Crippen molar-refractivity contribution >= 4 is 11.9 Å². The average molecular weight is 228 g/mol. The van der Waals surface area contributed by atoms with Crippen LogP contribution < -0.4 is 0 Å². The predicted molar refractivity (Wildman–Crippen MR) is 60.1 cm³/mol. The van der Waals surface area contributed by atoms with E-state index in [9.17, 15) is 9.59 Å². The molecule has 0 bridgehead atoms. The number of carbonyl (C=O) groups is 2. The van der Waals surface area contributed by atoms with Crippen LogP contribution in [0.15, 0.2) is 0 Å². The smallest absolute Gasteiger partial charge is 0.308 e. The normalized spacial score (nSPS) is 25.7. The number of carbonyl (C=O) groups excluding carboxylic acids is 1. The monoisotopic (exact) mass is 228 g/mol. The number of aliphatic carboxylic acids is 1. The fourth-order valence-electron chi connectivity index (χ4n) is 2.11. The summed E-state index contributed by atoms with van der Waals surface area (Å²) in [7, 11) is 3.46. The van der Waals surface area contributed by atoms with Crippen LogP contribution in [-0.2, 0) is 9.59 Å². The molecule has 0 aromatic carbocycles. The zero-order chi connectivity index (χ0) is 12.3. The lowest BCUT2D eigenvalue weighted by Gasteiger charge is -2.23. The topological polar surface area (TPSA) is 60.9 Å². The minimum atomic E-state index is -0.728. The van der Waals surface area contributed by atoms with Gasteiger partial charge in [-0.05, 0) is 19.9 Å². The van der Waals surface area contributed by atoms with Crippen LogP contribution in [0.5, 0.6) is 0 Å². The second-order valence-corrected chi connectivity index (χ2v) is 4.55. The summed E-state index contributed by atoms with van der Waals surface area (Å²) < 4.78 is 0. The molecule has 0 aromatic heterocycles. The molecule has 1 fully saturated rings. The molecule has 1 N–H and O–H groups in total. The average Bonchev–Trinajstić information content (AvgIpc) is 2.56. The quantitative estimate of drug-likeness (QED) is 0.749. The minimum absolute atomic E-state index is 0.0347. The van der Waals surface area contributed by atoms with Crippen molar-refractivity contribution in [2.75, 3.05) is 27.2 Å². The molecule has 1 saturated heterocycles. The second kappa shape index (κ2) is 5.30. The highest BCUT2D eigenvalue weighted by Crippen LogP contribution is 2.24. The van der Waals surface area contributed by atoms with Gasteiger partial charge in [0, 0.05) is 33.1 Å². The van der Waals surface area contributed by atoms with Crippen molar-refractivity contribution in [3.05, 3.63) is 0 Å². The lowest BCUT2D eigenvalue weighted by molar-refractivity contribution is -0.142. The van der Waals surface area contributed by atoms with Gasteiger partial charge in [-0.15, -0.1) is 0 Å². The lowest BCUT2D eigenvalue weighted by Crippen LogP contribution is -2.35. The summed E-state index contributed by atoms with van der Waals surface area (Å²) in [6, 6.07) is 0.0347. The number of amides is 1. The Bertz CT molecular complexity index is 278. The number of hydrogen-bond acceptors (Lipinski definition) is 3. The Morgan fingerprint density at radius 1 is 1.44 bits per heavy atom. The molecule has 1 heterocycles. The number of hydrogen-bond donors (Lipinski definition) is 1. The Balaban J connectivity index is 2.40. The van der Waals surface area contributed by atoms with E-state index in [0.29, 0.717) is 19.4 Å². The first-order chi connectivity index (χ1) is 7.43. The van der Waals surface area contributed by atoms with Crippen LogP contribution in [0, 0.1) is 5.92 Å². The van der Waals surface area contributed by atoms with E-state index in [1.165, 1.54) is 0 Å². The summed E-state index contributed by atoms with van der Waals surface area (Å²) in [5.74, 6) is -0.922. The van der Waals surface area contributed by atoms with Crippen molar-refractivity contribution < 1.29 is 14.7 Å². The molecule has 0 radical (unpaired) electrons. The number of carboxylic acids is 1. The van der Waals surface area contributed by atoms with Crippen molar-refractivity contribution in [1.29, 1.82) is 0 Å². The fraction of sp³-hybridized carbons (Fsp3) is 0.818. The van der Waals surface area contributed by atoms with E-state index in [1.54, 1.807) is 19.0 Å². The summed E-state index contributed by atoms with van der Waals surface area (Å²) in [5.41, 5.74) is 0. The van der Waals surface area contributed by atoms with Crippen LogP contribution in [-0.4, -0.2) is 60.0 Å². The van der Waals surface area contributed by atoms with Gasteiger partial charge in [-0.3, -0.25) is 14.5 Å². The van der Waals surface area contributed by atoms with Gasteiger partial charge in [-0.25, -0.2) is 0 Å². The molecule has 0 aliphatic carbocycles. The van der Waals surface area contributed by atoms with Crippen molar-refractivity contribution in [3.8, 4) is 0 Å². The summed E-state index contributed by atoms with van der Waals surface area (Å²) in [6.45, 7) is 3.35. The highest BCUT2D eigenvalue weighted by molar-refractivity contribution is 5.75. The predicted octanol–water partition coefficient (Wildman–Crippen LogP) is 0.260. The van der Waals surface area contributed by atoms with E-state index in [0.717, 1.165) is 6.54 Å². The Labute approximate surface area is 96.0 Å². The van der Waals surface area contributed by atoms with Gasteiger partial charge < -0.3 is 10.0 Å². The van der Waals surface area contributed by atoms with Crippen molar-refractivity contribution in [3.63, 3.8) is 0 Å². The molecule has 16 heavy (non-hydrogen) atoms. The van der Waals surface area contributed by atoms with Crippen LogP contribution in [0.2, 0.25) is 0 Å². The first kappa shape index (κ1) is 13.0. The van der Waals surface area contributed by atoms with Gasteiger partial charge >= 0.3 is 5.97 Å². The summed E-state index contributed by atoms with van der Waals surface area (Å²) in [4.78, 5) is 26.0. The molecule has 1 rings (SSSR count). The molecule has 5 heteroatoms. The molecule has 0 aromatic rings. The maximum atomic E-state index is 11.4. The van der Waals surface area contributed by atoms with Gasteiger partial charge in [0.15, 0.2) is 0 Å². The van der Waals surface area contributed by atoms with E-state index >= 15 is 0 Å². The zero-order valence-electron chi connectivity index (χ0n) is 10.1. The maximum Gasteiger partial charge on any atom is 0.308 e. The third-order valence-corrected chi connectivity index (χ3v) is 3.31. The number of nitrogens with zero attached hydrogens (tertiary/aromatic N) is 2. The van der Waals surface area contributed by atoms with E-state index in [4.69, 9.17) is 5.11 Å². The molecular weight excluding hydrogens is 208 g/mol. The largest absolute Gasteiger partial charge is 0.481 e. The third-order valence-electron chi connectivity index (χ3n) is 3.31. The Morgan fingerprint density at radius 2 is 2.06 bits per heavy atom. The van der Waals surface area contributed by atoms with Crippen LogP contribution in [0.1, 0.15) is 19.8 Å². The molecule has 0 saturated carbocycles. The van der Waals surface area contributed by atoms with E-state index in [-0.39, 0.29) is 17.9 Å². The summed E-state index contributed by atoms with van der Waals surface area (Å²) in [5, 5.41) is 8.97. The highest BCUT2D eigenvalue weighted by Gasteiger charge is 2.35.